The second-order valence-corrected chi connectivity index (χ2v) is 10.5. The van der Waals surface area contributed by atoms with Crippen molar-refractivity contribution in [3.05, 3.63) is 62.1 Å². The van der Waals surface area contributed by atoms with Gasteiger partial charge in [-0.15, -0.1) is 11.3 Å². The third-order valence-electron chi connectivity index (χ3n) is 4.54. The minimum Gasteiger partial charge on any atom is -0.477 e. The highest BCUT2D eigenvalue weighted by Gasteiger charge is 2.32. The van der Waals surface area contributed by atoms with Crippen LogP contribution in [-0.4, -0.2) is 43.6 Å². The zero-order valence-electron chi connectivity index (χ0n) is 16.9. The molecule has 1 aliphatic heterocycles. The summed E-state index contributed by atoms with van der Waals surface area (Å²) in [6, 6.07) is 5.41. The highest BCUT2D eigenvalue weighted by Crippen LogP contribution is 2.35. The van der Waals surface area contributed by atoms with Gasteiger partial charge in [-0.2, -0.15) is 0 Å². The number of thiocarbonyl (C=S) groups is 1. The van der Waals surface area contributed by atoms with Crippen molar-refractivity contribution < 1.29 is 28.3 Å². The van der Waals surface area contributed by atoms with Gasteiger partial charge in [0.05, 0.1) is 11.1 Å². The maximum atomic E-state index is 13.5. The van der Waals surface area contributed by atoms with E-state index in [0.717, 1.165) is 46.3 Å². The molecule has 0 aliphatic carbocycles. The van der Waals surface area contributed by atoms with Gasteiger partial charge < -0.3 is 10.4 Å². The molecule has 13 heteroatoms. The molecule has 1 fully saturated rings. The standard InChI is InChI=1S/C21H13F2N3O4S4/c22-13-2-1-10(6-14(13)23)11-5-12(32-9-11)7-15-18(28)26(21(31)34-15)4-3-17(27)25-20-24-8-16(33-20)19(29)30/h1-2,5-9H,3-4H2,(H,29,30)(H,24,25,27)/b15-7-. The van der Waals surface area contributed by atoms with E-state index >= 15 is 0 Å². The Balaban J connectivity index is 1.38. The number of thioether (sulfide) groups is 1. The lowest BCUT2D eigenvalue weighted by molar-refractivity contribution is -0.122. The third kappa shape index (κ3) is 5.38. The number of nitrogens with one attached hydrogen (secondary N) is 1. The van der Waals surface area contributed by atoms with Crippen molar-refractivity contribution >= 4 is 80.0 Å². The van der Waals surface area contributed by atoms with Crippen LogP contribution in [0.25, 0.3) is 17.2 Å². The van der Waals surface area contributed by atoms with Crippen LogP contribution >= 0.6 is 46.7 Å². The summed E-state index contributed by atoms with van der Waals surface area (Å²) in [5, 5.41) is 13.3. The average molecular weight is 538 g/mol. The van der Waals surface area contributed by atoms with Gasteiger partial charge in [-0.05, 0) is 40.8 Å². The van der Waals surface area contributed by atoms with Gasteiger partial charge in [-0.25, -0.2) is 18.6 Å². The van der Waals surface area contributed by atoms with Gasteiger partial charge in [0.25, 0.3) is 5.91 Å². The van der Waals surface area contributed by atoms with Gasteiger partial charge in [0.2, 0.25) is 5.91 Å². The zero-order valence-corrected chi connectivity index (χ0v) is 20.2. The molecule has 1 aliphatic rings. The molecule has 1 saturated heterocycles. The Morgan fingerprint density at radius 3 is 2.71 bits per heavy atom. The molecule has 0 atom stereocenters. The van der Waals surface area contributed by atoms with Crippen LogP contribution < -0.4 is 5.32 Å². The first-order chi connectivity index (χ1) is 16.2. The average Bonchev–Trinajstić information content (AvgIpc) is 3.50. The number of aromatic carboxylic acids is 1. The fourth-order valence-corrected chi connectivity index (χ4v) is 5.80. The molecule has 0 radical (unpaired) electrons. The first kappa shape index (κ1) is 24.1. The predicted molar refractivity (Wildman–Crippen MR) is 132 cm³/mol. The Hall–Kier alpha value is -3.00. The van der Waals surface area contributed by atoms with Gasteiger partial charge in [0.1, 0.15) is 9.20 Å². The molecular weight excluding hydrogens is 525 g/mol. The molecule has 4 rings (SSSR count). The Morgan fingerprint density at radius 2 is 2.00 bits per heavy atom. The second-order valence-electron chi connectivity index (χ2n) is 6.83. The van der Waals surface area contributed by atoms with Crippen LogP contribution in [0.15, 0.2) is 40.7 Å². The minimum absolute atomic E-state index is 0.00123. The molecule has 3 heterocycles. The van der Waals surface area contributed by atoms with E-state index in [1.807, 2.05) is 0 Å². The molecule has 7 nitrogen and oxygen atoms in total. The van der Waals surface area contributed by atoms with E-state index in [4.69, 9.17) is 17.3 Å². The van der Waals surface area contributed by atoms with Gasteiger partial charge >= 0.3 is 5.97 Å². The zero-order chi connectivity index (χ0) is 24.4. The Kier molecular flexibility index (Phi) is 7.16. The van der Waals surface area contributed by atoms with E-state index in [-0.39, 0.29) is 28.9 Å². The van der Waals surface area contributed by atoms with Crippen LogP contribution in [0, 0.1) is 11.6 Å². The van der Waals surface area contributed by atoms with Crippen LogP contribution in [0.3, 0.4) is 0 Å². The van der Waals surface area contributed by atoms with E-state index < -0.39 is 23.5 Å². The summed E-state index contributed by atoms with van der Waals surface area (Å²) in [5.74, 6) is -3.77. The molecule has 0 bridgehead atoms. The summed E-state index contributed by atoms with van der Waals surface area (Å²) in [5.41, 5.74) is 1.21. The van der Waals surface area contributed by atoms with Crippen molar-refractivity contribution in [2.24, 2.45) is 0 Å². The number of amides is 2. The summed E-state index contributed by atoms with van der Waals surface area (Å²) in [4.78, 5) is 42.1. The number of thiophene rings is 1. The van der Waals surface area contributed by atoms with Crippen LogP contribution in [0.5, 0.6) is 0 Å². The minimum atomic E-state index is -1.13. The van der Waals surface area contributed by atoms with Crippen molar-refractivity contribution in [2.75, 3.05) is 11.9 Å². The summed E-state index contributed by atoms with van der Waals surface area (Å²) < 4.78 is 27.0. The first-order valence-electron chi connectivity index (χ1n) is 9.49. The predicted octanol–water partition coefficient (Wildman–Crippen LogP) is 5.08. The fraction of sp³-hybridized carbons (Fsp3) is 0.0952. The maximum Gasteiger partial charge on any atom is 0.347 e. The number of rotatable bonds is 7. The lowest BCUT2D eigenvalue weighted by atomic mass is 10.1. The smallest absolute Gasteiger partial charge is 0.347 e. The summed E-state index contributed by atoms with van der Waals surface area (Å²) in [7, 11) is 0. The molecular formula is C21H13F2N3O4S4. The Bertz CT molecular complexity index is 1350. The number of halogens is 2. The molecule has 1 aromatic carbocycles. The topological polar surface area (TPSA) is 99.6 Å². The number of aromatic nitrogens is 1. The lowest BCUT2D eigenvalue weighted by Gasteiger charge is -2.13. The van der Waals surface area contributed by atoms with E-state index in [1.54, 1.807) is 17.5 Å². The van der Waals surface area contributed by atoms with Gasteiger partial charge in [0.15, 0.2) is 16.8 Å². The van der Waals surface area contributed by atoms with E-state index in [9.17, 15) is 23.2 Å². The van der Waals surface area contributed by atoms with Gasteiger partial charge in [-0.3, -0.25) is 14.5 Å². The number of carboxylic acid groups (broad SMARTS) is 1. The van der Waals surface area contributed by atoms with E-state index in [2.05, 4.69) is 10.3 Å². The normalized spacial score (nSPS) is 14.8. The number of benzene rings is 1. The molecule has 2 N–H and O–H groups in total. The van der Waals surface area contributed by atoms with Crippen molar-refractivity contribution in [3.8, 4) is 11.1 Å². The molecule has 0 saturated carbocycles. The number of anilines is 1. The molecule has 0 unspecified atom stereocenters. The second kappa shape index (κ2) is 10.1. The number of carbonyl (C=O) groups excluding carboxylic acids is 2. The Labute approximate surface area is 209 Å². The van der Waals surface area contributed by atoms with Gasteiger partial charge in [-0.1, -0.05) is 41.4 Å². The number of hydrogen-bond donors (Lipinski definition) is 2. The van der Waals surface area contributed by atoms with Crippen LogP contribution in [0.2, 0.25) is 0 Å². The SMILES string of the molecule is O=C(CCN1C(=O)/C(=C/c2cc(-c3ccc(F)c(F)c3)cs2)SC1=S)Nc1ncc(C(=O)O)s1. The van der Waals surface area contributed by atoms with Crippen LogP contribution in [-0.2, 0) is 9.59 Å². The van der Waals surface area contributed by atoms with Crippen molar-refractivity contribution in [1.82, 2.24) is 9.88 Å². The highest BCUT2D eigenvalue weighted by atomic mass is 32.2. The largest absolute Gasteiger partial charge is 0.477 e. The first-order valence-corrected chi connectivity index (χ1v) is 12.4. The highest BCUT2D eigenvalue weighted by molar-refractivity contribution is 8.26. The van der Waals surface area contributed by atoms with Crippen molar-refractivity contribution in [1.29, 1.82) is 0 Å². The maximum absolute atomic E-state index is 13.5. The van der Waals surface area contributed by atoms with E-state index in [1.165, 1.54) is 22.3 Å². The lowest BCUT2D eigenvalue weighted by Crippen LogP contribution is -2.31. The van der Waals surface area contributed by atoms with Crippen molar-refractivity contribution in [2.45, 2.75) is 6.42 Å². The van der Waals surface area contributed by atoms with Crippen LogP contribution in [0.4, 0.5) is 13.9 Å². The number of hydrogen-bond acceptors (Lipinski definition) is 8. The summed E-state index contributed by atoms with van der Waals surface area (Å²) in [6.07, 6.45) is 2.76. The molecule has 174 valence electrons. The van der Waals surface area contributed by atoms with E-state index in [0.29, 0.717) is 20.4 Å². The summed E-state index contributed by atoms with van der Waals surface area (Å²) >= 11 is 8.56. The molecule has 34 heavy (non-hydrogen) atoms. The van der Waals surface area contributed by atoms with Crippen LogP contribution in [0.1, 0.15) is 21.0 Å². The molecule has 2 aromatic heterocycles. The summed E-state index contributed by atoms with van der Waals surface area (Å²) in [6.45, 7) is 0.0511. The Morgan fingerprint density at radius 1 is 1.21 bits per heavy atom. The number of thiazole rings is 1. The number of nitrogens with zero attached hydrogens (tertiary/aromatic N) is 2. The van der Waals surface area contributed by atoms with Gasteiger partial charge in [0, 0.05) is 17.8 Å². The monoisotopic (exact) mass is 537 g/mol. The number of carbonyl (C=O) groups is 3. The molecule has 0 spiro atoms. The fourth-order valence-electron chi connectivity index (χ4n) is 2.90. The van der Waals surface area contributed by atoms with Crippen molar-refractivity contribution in [3.63, 3.8) is 0 Å². The number of carboxylic acids is 1. The quantitative estimate of drug-likeness (QED) is 0.320. The molecule has 3 aromatic rings. The third-order valence-corrected chi connectivity index (χ3v) is 7.70. The molecule has 2 amide bonds.